The number of fused-ring (bicyclic) bond motifs is 1. The van der Waals surface area contributed by atoms with Crippen molar-refractivity contribution in [3.8, 4) is 0 Å². The minimum absolute atomic E-state index is 0.0852. The zero-order valence-corrected chi connectivity index (χ0v) is 15.6. The van der Waals surface area contributed by atoms with Gasteiger partial charge in [0.1, 0.15) is 0 Å². The van der Waals surface area contributed by atoms with Gasteiger partial charge in [-0.15, -0.1) is 0 Å². The van der Waals surface area contributed by atoms with Gasteiger partial charge in [-0.25, -0.2) is 4.52 Å². The summed E-state index contributed by atoms with van der Waals surface area (Å²) in [6.07, 6.45) is 1.89. The predicted octanol–water partition coefficient (Wildman–Crippen LogP) is 4.18. The largest absolute Gasteiger partial charge is 0.348 e. The van der Waals surface area contributed by atoms with Crippen molar-refractivity contribution < 1.29 is 4.79 Å². The molecule has 0 atom stereocenters. The highest BCUT2D eigenvalue weighted by Crippen LogP contribution is 2.22. The first-order chi connectivity index (χ1) is 11.8. The number of hydrogen-bond acceptors (Lipinski definition) is 2. The summed E-state index contributed by atoms with van der Waals surface area (Å²) < 4.78 is 1.76. The van der Waals surface area contributed by atoms with Gasteiger partial charge in [0.2, 0.25) is 0 Å². The number of nitrogens with one attached hydrogen (secondary N) is 1. The predicted molar refractivity (Wildman–Crippen MR) is 101 cm³/mol. The number of amides is 1. The summed E-state index contributed by atoms with van der Waals surface area (Å²) in [5.41, 5.74) is 5.86. The molecule has 0 saturated carbocycles. The minimum Gasteiger partial charge on any atom is -0.348 e. The van der Waals surface area contributed by atoms with Crippen LogP contribution in [0, 0.1) is 13.8 Å². The molecule has 0 spiro atoms. The van der Waals surface area contributed by atoms with Crippen LogP contribution < -0.4 is 5.32 Å². The van der Waals surface area contributed by atoms with E-state index in [0.29, 0.717) is 12.1 Å². The Morgan fingerprint density at radius 1 is 1.12 bits per heavy atom. The average molecular weight is 335 g/mol. The molecule has 0 radical (unpaired) electrons. The summed E-state index contributed by atoms with van der Waals surface area (Å²) in [6, 6.07) is 12.4. The van der Waals surface area contributed by atoms with Crippen molar-refractivity contribution in [1.29, 1.82) is 0 Å². The van der Waals surface area contributed by atoms with Crippen molar-refractivity contribution in [3.05, 3.63) is 70.5 Å². The number of hydrogen-bond donors (Lipinski definition) is 1. The lowest BCUT2D eigenvalue weighted by Crippen LogP contribution is -2.23. The third-order valence-corrected chi connectivity index (χ3v) is 4.47. The number of aryl methyl sites for hydroxylation is 2. The SMILES string of the molecule is Cc1ccn2nc(C)c(C(=O)NCc3ccc(C(C)(C)C)cc3)c2c1. The van der Waals surface area contributed by atoms with Gasteiger partial charge in [0.25, 0.3) is 5.91 Å². The number of nitrogens with zero attached hydrogens (tertiary/aromatic N) is 2. The molecule has 3 rings (SSSR count). The highest BCUT2D eigenvalue weighted by molar-refractivity contribution is 6.02. The summed E-state index contributed by atoms with van der Waals surface area (Å²) >= 11 is 0. The lowest BCUT2D eigenvalue weighted by atomic mass is 9.87. The zero-order valence-electron chi connectivity index (χ0n) is 15.6. The monoisotopic (exact) mass is 335 g/mol. The lowest BCUT2D eigenvalue weighted by Gasteiger charge is -2.19. The van der Waals surface area contributed by atoms with E-state index in [1.165, 1.54) is 5.56 Å². The van der Waals surface area contributed by atoms with E-state index in [2.05, 4.69) is 55.5 Å². The molecule has 1 aromatic carbocycles. The maximum atomic E-state index is 12.7. The van der Waals surface area contributed by atoms with Crippen molar-refractivity contribution in [3.63, 3.8) is 0 Å². The van der Waals surface area contributed by atoms with Gasteiger partial charge in [-0.05, 0) is 48.1 Å². The normalized spacial score (nSPS) is 11.7. The Kier molecular flexibility index (Phi) is 4.38. The quantitative estimate of drug-likeness (QED) is 0.780. The first kappa shape index (κ1) is 17.2. The van der Waals surface area contributed by atoms with Crippen LogP contribution in [-0.4, -0.2) is 15.5 Å². The maximum absolute atomic E-state index is 12.7. The Morgan fingerprint density at radius 2 is 1.80 bits per heavy atom. The molecule has 0 fully saturated rings. The molecule has 0 bridgehead atoms. The minimum atomic E-state index is -0.0852. The van der Waals surface area contributed by atoms with Gasteiger partial charge in [-0.1, -0.05) is 45.0 Å². The number of pyridine rings is 1. The molecule has 0 aliphatic rings. The van der Waals surface area contributed by atoms with E-state index >= 15 is 0 Å². The summed E-state index contributed by atoms with van der Waals surface area (Å²) in [7, 11) is 0. The van der Waals surface area contributed by atoms with Gasteiger partial charge in [-0.3, -0.25) is 4.79 Å². The smallest absolute Gasteiger partial charge is 0.255 e. The average Bonchev–Trinajstić information content (AvgIpc) is 2.87. The van der Waals surface area contributed by atoms with Crippen molar-refractivity contribution in [2.45, 2.75) is 46.6 Å². The Labute approximate surface area is 148 Å². The van der Waals surface area contributed by atoms with E-state index < -0.39 is 0 Å². The molecule has 0 aliphatic carbocycles. The van der Waals surface area contributed by atoms with E-state index in [1.807, 2.05) is 32.2 Å². The standard InChI is InChI=1S/C21H25N3O/c1-14-10-11-24-18(12-14)19(15(2)23-24)20(25)22-13-16-6-8-17(9-7-16)21(3,4)5/h6-12H,13H2,1-5H3,(H,22,25). The van der Waals surface area contributed by atoms with E-state index in [-0.39, 0.29) is 11.3 Å². The third-order valence-electron chi connectivity index (χ3n) is 4.47. The molecule has 25 heavy (non-hydrogen) atoms. The Morgan fingerprint density at radius 3 is 2.44 bits per heavy atom. The molecule has 2 heterocycles. The Bertz CT molecular complexity index is 915. The van der Waals surface area contributed by atoms with Gasteiger partial charge in [0.15, 0.2) is 0 Å². The molecule has 4 nitrogen and oxygen atoms in total. The summed E-state index contributed by atoms with van der Waals surface area (Å²) in [5, 5.41) is 7.44. The van der Waals surface area contributed by atoms with Crippen LogP contribution in [0.1, 0.15) is 53.5 Å². The number of carbonyl (C=O) groups excluding carboxylic acids is 1. The fourth-order valence-corrected chi connectivity index (χ4v) is 2.94. The van der Waals surface area contributed by atoms with E-state index in [4.69, 9.17) is 0 Å². The van der Waals surface area contributed by atoms with Crippen LogP contribution in [0.4, 0.5) is 0 Å². The number of aromatic nitrogens is 2. The van der Waals surface area contributed by atoms with E-state index in [1.54, 1.807) is 4.52 Å². The van der Waals surface area contributed by atoms with Crippen molar-refractivity contribution in [2.75, 3.05) is 0 Å². The summed E-state index contributed by atoms with van der Waals surface area (Å²) in [4.78, 5) is 12.7. The zero-order chi connectivity index (χ0) is 18.2. The Hall–Kier alpha value is -2.62. The first-order valence-corrected chi connectivity index (χ1v) is 8.59. The first-order valence-electron chi connectivity index (χ1n) is 8.59. The highest BCUT2D eigenvalue weighted by atomic mass is 16.1. The van der Waals surface area contributed by atoms with Crippen LogP contribution in [-0.2, 0) is 12.0 Å². The lowest BCUT2D eigenvalue weighted by molar-refractivity contribution is 0.0952. The molecule has 0 aliphatic heterocycles. The second-order valence-corrected chi connectivity index (χ2v) is 7.62. The summed E-state index contributed by atoms with van der Waals surface area (Å²) in [6.45, 7) is 11.0. The molecule has 0 unspecified atom stereocenters. The van der Waals surface area contributed by atoms with E-state index in [0.717, 1.165) is 22.3 Å². The second kappa shape index (κ2) is 6.36. The number of carbonyl (C=O) groups is 1. The van der Waals surface area contributed by atoms with Crippen LogP contribution in [0.5, 0.6) is 0 Å². The van der Waals surface area contributed by atoms with Crippen LogP contribution in [0.15, 0.2) is 42.6 Å². The fraction of sp³-hybridized carbons (Fsp3) is 0.333. The topological polar surface area (TPSA) is 46.4 Å². The van der Waals surface area contributed by atoms with Gasteiger partial charge in [0, 0.05) is 12.7 Å². The molecule has 1 amide bonds. The van der Waals surface area contributed by atoms with Crippen molar-refractivity contribution in [1.82, 2.24) is 14.9 Å². The second-order valence-electron chi connectivity index (χ2n) is 7.62. The molecule has 130 valence electrons. The molecule has 3 aromatic rings. The fourth-order valence-electron chi connectivity index (χ4n) is 2.94. The van der Waals surface area contributed by atoms with Crippen molar-refractivity contribution >= 4 is 11.4 Å². The Balaban J connectivity index is 1.77. The molecule has 1 N–H and O–H groups in total. The maximum Gasteiger partial charge on any atom is 0.255 e. The van der Waals surface area contributed by atoms with Gasteiger partial charge in [0.05, 0.1) is 16.8 Å². The molecule has 2 aromatic heterocycles. The summed E-state index contributed by atoms with van der Waals surface area (Å²) in [5.74, 6) is -0.0852. The molecule has 0 saturated heterocycles. The van der Waals surface area contributed by atoms with Crippen LogP contribution >= 0.6 is 0 Å². The number of rotatable bonds is 3. The van der Waals surface area contributed by atoms with Crippen LogP contribution in [0.3, 0.4) is 0 Å². The third kappa shape index (κ3) is 3.58. The van der Waals surface area contributed by atoms with Gasteiger partial charge in [-0.2, -0.15) is 5.10 Å². The molecular formula is C21H25N3O. The number of benzene rings is 1. The van der Waals surface area contributed by atoms with Crippen molar-refractivity contribution in [2.24, 2.45) is 0 Å². The van der Waals surface area contributed by atoms with Crippen LogP contribution in [0.2, 0.25) is 0 Å². The highest BCUT2D eigenvalue weighted by Gasteiger charge is 2.17. The van der Waals surface area contributed by atoms with Crippen LogP contribution in [0.25, 0.3) is 5.52 Å². The van der Waals surface area contributed by atoms with E-state index in [9.17, 15) is 4.79 Å². The molecule has 4 heteroatoms. The molecular weight excluding hydrogens is 310 g/mol. The van der Waals surface area contributed by atoms with Gasteiger partial charge >= 0.3 is 0 Å². The van der Waals surface area contributed by atoms with Gasteiger partial charge < -0.3 is 5.32 Å².